The first-order valence-corrected chi connectivity index (χ1v) is 21.2. The van der Waals surface area contributed by atoms with Gasteiger partial charge in [0.25, 0.3) is 0 Å². The fraction of sp³-hybridized carbons (Fsp3) is 0.200. The lowest BCUT2D eigenvalue weighted by molar-refractivity contribution is 0.636. The van der Waals surface area contributed by atoms with Gasteiger partial charge < -0.3 is 0 Å². The van der Waals surface area contributed by atoms with Gasteiger partial charge in [0.05, 0.1) is 0 Å². The number of hydrogen-bond acceptors (Lipinski definition) is 1. The number of benzene rings is 7. The fourth-order valence-corrected chi connectivity index (χ4v) is 11.6. The zero-order valence-corrected chi connectivity index (χ0v) is 34.7. The molecule has 3 aliphatic rings. The van der Waals surface area contributed by atoms with E-state index in [0.29, 0.717) is 0 Å². The summed E-state index contributed by atoms with van der Waals surface area (Å²) in [6.07, 6.45) is 6.25. The van der Waals surface area contributed by atoms with Crippen LogP contribution in [0.25, 0.3) is 78.6 Å². The highest BCUT2D eigenvalue weighted by atomic mass is 32.2. The van der Waals surface area contributed by atoms with Gasteiger partial charge in [0.1, 0.15) is 0 Å². The van der Waals surface area contributed by atoms with E-state index in [1.54, 1.807) is 11.8 Å². The van der Waals surface area contributed by atoms with Gasteiger partial charge in [0.15, 0.2) is 0 Å². The summed E-state index contributed by atoms with van der Waals surface area (Å²) >= 11 is 1.78. The standard InChI is InChI=1S/C55H48S/c1-11-35-36(12-2)46(32-23-21-31(3)22-24-32)40-30-44-41(29-39(40)45(35)33-25-27-34(56-10)28-26-33)49-51-47(37-17-13-16-20-43(37)54(51,6)7)50-48(52(49)55(44,8)9)38-18-14-15-19-42(38)53(50,4)5/h11-30H,1-2H2,3-10H3. The SMILES string of the molecule is C=Cc1c(C=C)c(-c2ccc(C)cc2)c2cc3c(cc2c1-c1ccc(SC)cc1)-c1c2c(c4c(c1C3(C)C)-c1ccccc1C4(C)C)-c1ccccc1C2(C)C. The second-order valence-electron chi connectivity index (χ2n) is 17.7. The van der Waals surface area contributed by atoms with Gasteiger partial charge in [-0.2, -0.15) is 0 Å². The first-order chi connectivity index (χ1) is 26.9. The molecule has 7 aromatic carbocycles. The summed E-state index contributed by atoms with van der Waals surface area (Å²) in [5.74, 6) is 0. The van der Waals surface area contributed by atoms with E-state index in [4.69, 9.17) is 0 Å². The molecule has 0 fully saturated rings. The minimum absolute atomic E-state index is 0.152. The van der Waals surface area contributed by atoms with Crippen LogP contribution in [0.5, 0.6) is 0 Å². The zero-order valence-electron chi connectivity index (χ0n) is 33.9. The van der Waals surface area contributed by atoms with Crippen LogP contribution >= 0.6 is 11.8 Å². The summed E-state index contributed by atoms with van der Waals surface area (Å²) in [7, 11) is 0. The number of thioether (sulfide) groups is 1. The van der Waals surface area contributed by atoms with Crippen LogP contribution in [0.4, 0.5) is 0 Å². The predicted octanol–water partition coefficient (Wildman–Crippen LogP) is 15.4. The van der Waals surface area contributed by atoms with Gasteiger partial charge in [-0.3, -0.25) is 0 Å². The molecule has 7 aromatic rings. The van der Waals surface area contributed by atoms with Crippen molar-refractivity contribution in [2.45, 2.75) is 69.6 Å². The fourth-order valence-electron chi connectivity index (χ4n) is 11.2. The van der Waals surface area contributed by atoms with Crippen LogP contribution in [0.15, 0.2) is 127 Å². The van der Waals surface area contributed by atoms with Gasteiger partial charge in [0.2, 0.25) is 0 Å². The minimum Gasteiger partial charge on any atom is -0.130 e. The highest BCUT2D eigenvalue weighted by molar-refractivity contribution is 7.98. The van der Waals surface area contributed by atoms with E-state index in [1.165, 1.54) is 110 Å². The van der Waals surface area contributed by atoms with Crippen molar-refractivity contribution in [3.63, 3.8) is 0 Å². The first kappa shape index (κ1) is 35.1. The summed E-state index contributed by atoms with van der Waals surface area (Å²) in [6.45, 7) is 25.9. The Bertz CT molecular complexity index is 2870. The number of hydrogen-bond donors (Lipinski definition) is 0. The van der Waals surface area contributed by atoms with Crippen molar-refractivity contribution in [3.05, 3.63) is 172 Å². The number of rotatable bonds is 5. The van der Waals surface area contributed by atoms with Crippen LogP contribution in [0.3, 0.4) is 0 Å². The molecule has 56 heavy (non-hydrogen) atoms. The molecule has 0 nitrogen and oxygen atoms in total. The summed E-state index contributed by atoms with van der Waals surface area (Å²) in [5.41, 5.74) is 24.9. The quantitative estimate of drug-likeness (QED) is 0.158. The second-order valence-corrected chi connectivity index (χ2v) is 18.6. The Balaban J connectivity index is 1.43. The van der Waals surface area contributed by atoms with Gasteiger partial charge in [-0.1, -0.05) is 157 Å². The maximum Gasteiger partial charge on any atom is 0.0165 e. The summed E-state index contributed by atoms with van der Waals surface area (Å²) < 4.78 is 0. The van der Waals surface area contributed by atoms with Crippen molar-refractivity contribution < 1.29 is 0 Å². The average molecular weight is 741 g/mol. The molecule has 0 N–H and O–H groups in total. The molecule has 0 saturated heterocycles. The van der Waals surface area contributed by atoms with Gasteiger partial charge in [-0.15, -0.1) is 11.8 Å². The van der Waals surface area contributed by atoms with E-state index in [0.717, 1.165) is 11.1 Å². The molecule has 0 unspecified atom stereocenters. The third-order valence-electron chi connectivity index (χ3n) is 13.7. The minimum atomic E-state index is -0.271. The molecule has 3 aliphatic carbocycles. The highest BCUT2D eigenvalue weighted by Crippen LogP contribution is 2.68. The molecule has 0 aliphatic heterocycles. The maximum absolute atomic E-state index is 4.46. The number of fused-ring (bicyclic) bond motifs is 13. The van der Waals surface area contributed by atoms with E-state index in [9.17, 15) is 0 Å². The van der Waals surface area contributed by atoms with Crippen molar-refractivity contribution in [1.82, 2.24) is 0 Å². The maximum atomic E-state index is 4.46. The monoisotopic (exact) mass is 740 g/mol. The molecule has 0 heterocycles. The van der Waals surface area contributed by atoms with E-state index in [2.05, 4.69) is 189 Å². The van der Waals surface area contributed by atoms with Gasteiger partial charge in [0, 0.05) is 21.1 Å². The normalized spacial score (nSPS) is 15.8. The van der Waals surface area contributed by atoms with Crippen LogP contribution in [-0.2, 0) is 16.2 Å². The van der Waals surface area contributed by atoms with Crippen LogP contribution in [0, 0.1) is 6.92 Å². The molecule has 274 valence electrons. The van der Waals surface area contributed by atoms with Gasteiger partial charge >= 0.3 is 0 Å². The Labute approximate surface area is 337 Å². The molecular formula is C55H48S. The van der Waals surface area contributed by atoms with E-state index in [-0.39, 0.29) is 16.2 Å². The average Bonchev–Trinajstić information content (AvgIpc) is 3.69. The zero-order chi connectivity index (χ0) is 39.1. The molecule has 1 heteroatoms. The van der Waals surface area contributed by atoms with Gasteiger partial charge in [-0.25, -0.2) is 0 Å². The highest BCUT2D eigenvalue weighted by Gasteiger charge is 2.52. The molecule has 10 rings (SSSR count). The molecule has 0 spiro atoms. The van der Waals surface area contributed by atoms with Crippen LogP contribution in [0.2, 0.25) is 0 Å². The lowest BCUT2D eigenvalue weighted by atomic mass is 9.71. The van der Waals surface area contributed by atoms with Crippen molar-refractivity contribution in [2.75, 3.05) is 6.26 Å². The van der Waals surface area contributed by atoms with Gasteiger partial charge in [-0.05, 0) is 148 Å². The molecule has 0 atom stereocenters. The topological polar surface area (TPSA) is 0 Å². The predicted molar refractivity (Wildman–Crippen MR) is 244 cm³/mol. The molecule has 0 radical (unpaired) electrons. The Kier molecular flexibility index (Phi) is 7.41. The molecule has 0 saturated carbocycles. The Morgan fingerprint density at radius 3 is 1.34 bits per heavy atom. The third kappa shape index (κ3) is 4.38. The molecular weight excluding hydrogens is 693 g/mol. The third-order valence-corrected chi connectivity index (χ3v) is 14.5. The number of aryl methyl sites for hydroxylation is 1. The largest absolute Gasteiger partial charge is 0.130 e. The van der Waals surface area contributed by atoms with Crippen molar-refractivity contribution >= 4 is 34.7 Å². The lowest BCUT2D eigenvalue weighted by Crippen LogP contribution is -2.22. The van der Waals surface area contributed by atoms with Crippen LogP contribution in [0.1, 0.15) is 91.6 Å². The Hall–Kier alpha value is -5.37. The molecule has 0 aromatic heterocycles. The molecule has 0 amide bonds. The van der Waals surface area contributed by atoms with Crippen molar-refractivity contribution in [3.8, 4) is 55.6 Å². The lowest BCUT2D eigenvalue weighted by Gasteiger charge is -2.31. The van der Waals surface area contributed by atoms with E-state index in [1.807, 2.05) is 0 Å². The van der Waals surface area contributed by atoms with Crippen LogP contribution in [-0.4, -0.2) is 6.26 Å². The smallest absolute Gasteiger partial charge is 0.0165 e. The summed E-state index contributed by atoms with van der Waals surface area (Å²) in [5, 5.41) is 2.51. The van der Waals surface area contributed by atoms with Crippen molar-refractivity contribution in [2.24, 2.45) is 0 Å². The van der Waals surface area contributed by atoms with E-state index < -0.39 is 0 Å². The van der Waals surface area contributed by atoms with Crippen molar-refractivity contribution in [1.29, 1.82) is 0 Å². The second kappa shape index (κ2) is 11.8. The molecule has 0 bridgehead atoms. The Morgan fingerprint density at radius 2 is 0.875 bits per heavy atom. The summed E-state index contributed by atoms with van der Waals surface area (Å²) in [4.78, 5) is 1.25. The summed E-state index contributed by atoms with van der Waals surface area (Å²) in [6, 6.07) is 41.7. The van der Waals surface area contributed by atoms with Crippen LogP contribution < -0.4 is 0 Å². The first-order valence-electron chi connectivity index (χ1n) is 20.0. The Morgan fingerprint density at radius 1 is 0.464 bits per heavy atom. The van der Waals surface area contributed by atoms with E-state index >= 15 is 0 Å².